The first-order valence-electron chi connectivity index (χ1n) is 11.0. The Morgan fingerprint density at radius 2 is 1.73 bits per heavy atom. The van der Waals surface area contributed by atoms with Crippen LogP contribution in [0, 0.1) is 34.5 Å². The van der Waals surface area contributed by atoms with E-state index >= 15 is 0 Å². The van der Waals surface area contributed by atoms with Crippen molar-refractivity contribution in [3.8, 4) is 0 Å². The lowest BCUT2D eigenvalue weighted by atomic mass is 9.47. The molecule has 4 aliphatic carbocycles. The first-order chi connectivity index (χ1) is 12.4. The Bertz CT molecular complexity index is 607. The van der Waals surface area contributed by atoms with Gasteiger partial charge in [-0.2, -0.15) is 0 Å². The van der Waals surface area contributed by atoms with Crippen LogP contribution in [0.15, 0.2) is 11.6 Å². The van der Waals surface area contributed by atoms with Gasteiger partial charge in [-0.25, -0.2) is 0 Å². The van der Waals surface area contributed by atoms with Gasteiger partial charge in [0.05, 0.1) is 19.3 Å². The number of aliphatic hydroxyl groups excluding tert-OH is 1. The third-order valence-corrected chi connectivity index (χ3v) is 9.57. The van der Waals surface area contributed by atoms with Gasteiger partial charge >= 0.3 is 0 Å². The molecule has 0 unspecified atom stereocenters. The SMILES string of the molecule is CC1([C@H]2CC[C@H]3[C@H]4CC=C5C[C@@H](O)CC[C@]5(C)[C@@H]4CC[C@]23C)OCCO1. The predicted molar refractivity (Wildman–Crippen MR) is 102 cm³/mol. The van der Waals surface area contributed by atoms with Gasteiger partial charge in [0.25, 0.3) is 0 Å². The number of ether oxygens (including phenoxy) is 2. The summed E-state index contributed by atoms with van der Waals surface area (Å²) in [6, 6.07) is 0. The summed E-state index contributed by atoms with van der Waals surface area (Å²) in [6.07, 6.45) is 12.0. The Morgan fingerprint density at radius 1 is 0.962 bits per heavy atom. The minimum Gasteiger partial charge on any atom is -0.393 e. The summed E-state index contributed by atoms with van der Waals surface area (Å²) in [6.45, 7) is 8.78. The topological polar surface area (TPSA) is 38.7 Å². The molecule has 0 amide bonds. The highest BCUT2D eigenvalue weighted by Gasteiger charge is 2.62. The van der Waals surface area contributed by atoms with Gasteiger partial charge in [0.2, 0.25) is 0 Å². The van der Waals surface area contributed by atoms with Crippen LogP contribution < -0.4 is 0 Å². The van der Waals surface area contributed by atoms with Crippen molar-refractivity contribution in [1.29, 1.82) is 0 Å². The van der Waals surface area contributed by atoms with Crippen LogP contribution in [0.3, 0.4) is 0 Å². The quantitative estimate of drug-likeness (QED) is 0.690. The summed E-state index contributed by atoms with van der Waals surface area (Å²) in [5.41, 5.74) is 2.27. The molecule has 0 spiro atoms. The maximum atomic E-state index is 10.2. The molecule has 146 valence electrons. The summed E-state index contributed by atoms with van der Waals surface area (Å²) in [5.74, 6) is 2.61. The molecule has 3 saturated carbocycles. The lowest BCUT2D eigenvalue weighted by Gasteiger charge is -2.58. The van der Waals surface area contributed by atoms with E-state index in [0.717, 1.165) is 43.8 Å². The van der Waals surface area contributed by atoms with Gasteiger partial charge < -0.3 is 14.6 Å². The second-order valence-electron chi connectivity index (χ2n) is 10.5. The third kappa shape index (κ3) is 2.29. The van der Waals surface area contributed by atoms with Crippen LogP contribution in [0.2, 0.25) is 0 Å². The summed E-state index contributed by atoms with van der Waals surface area (Å²) in [5, 5.41) is 10.2. The maximum Gasteiger partial charge on any atom is 0.169 e. The number of rotatable bonds is 1. The first-order valence-corrected chi connectivity index (χ1v) is 11.0. The number of allylic oxidation sites excluding steroid dienone is 1. The van der Waals surface area contributed by atoms with Crippen molar-refractivity contribution >= 4 is 0 Å². The fourth-order valence-corrected chi connectivity index (χ4v) is 8.23. The van der Waals surface area contributed by atoms with Crippen LogP contribution in [-0.4, -0.2) is 30.2 Å². The molecule has 1 aliphatic heterocycles. The first kappa shape index (κ1) is 17.7. The van der Waals surface area contributed by atoms with E-state index in [-0.39, 0.29) is 11.9 Å². The van der Waals surface area contributed by atoms with Gasteiger partial charge in [-0.05, 0) is 86.9 Å². The van der Waals surface area contributed by atoms with Gasteiger partial charge in [0.15, 0.2) is 5.79 Å². The zero-order valence-corrected chi connectivity index (χ0v) is 16.8. The number of aliphatic hydroxyl groups is 1. The van der Waals surface area contributed by atoms with E-state index in [1.54, 1.807) is 5.57 Å². The molecule has 0 aromatic rings. The monoisotopic (exact) mass is 360 g/mol. The van der Waals surface area contributed by atoms with E-state index < -0.39 is 0 Å². The molecule has 3 heteroatoms. The summed E-state index contributed by atoms with van der Waals surface area (Å²) >= 11 is 0. The molecule has 0 aromatic carbocycles. The Labute approximate surface area is 158 Å². The Morgan fingerprint density at radius 3 is 2.50 bits per heavy atom. The van der Waals surface area contributed by atoms with Crippen LogP contribution in [0.1, 0.15) is 72.1 Å². The largest absolute Gasteiger partial charge is 0.393 e. The molecule has 3 nitrogen and oxygen atoms in total. The smallest absolute Gasteiger partial charge is 0.169 e. The van der Waals surface area contributed by atoms with Gasteiger partial charge in [-0.1, -0.05) is 25.5 Å². The van der Waals surface area contributed by atoms with Gasteiger partial charge in [-0.3, -0.25) is 0 Å². The molecule has 1 N–H and O–H groups in total. The highest BCUT2D eigenvalue weighted by atomic mass is 16.7. The van der Waals surface area contributed by atoms with Crippen molar-refractivity contribution in [3.05, 3.63) is 11.6 Å². The van der Waals surface area contributed by atoms with Crippen molar-refractivity contribution in [2.75, 3.05) is 13.2 Å². The molecule has 5 aliphatic rings. The van der Waals surface area contributed by atoms with Crippen molar-refractivity contribution in [2.24, 2.45) is 34.5 Å². The van der Waals surface area contributed by atoms with Crippen LogP contribution in [0.25, 0.3) is 0 Å². The normalized spacial score (nSPS) is 52.8. The molecule has 4 fully saturated rings. The standard InChI is InChI=1S/C23H36O3/c1-21-10-8-16(24)14-15(21)4-5-17-18-6-7-20(23(3)25-12-13-26-23)22(18,2)11-9-19(17)21/h4,16-20,24H,5-14H2,1-3H3/t16-,17+,18-,19+,20-,21-,22-/m0/s1. The molecule has 5 rings (SSSR count). The zero-order chi connectivity index (χ0) is 18.2. The van der Waals surface area contributed by atoms with Crippen molar-refractivity contribution in [3.63, 3.8) is 0 Å². The van der Waals surface area contributed by atoms with Crippen LogP contribution >= 0.6 is 0 Å². The van der Waals surface area contributed by atoms with Crippen molar-refractivity contribution in [1.82, 2.24) is 0 Å². The van der Waals surface area contributed by atoms with Crippen molar-refractivity contribution in [2.45, 2.75) is 84.0 Å². The van der Waals surface area contributed by atoms with E-state index in [9.17, 15) is 5.11 Å². The maximum absolute atomic E-state index is 10.2. The van der Waals surface area contributed by atoms with Crippen LogP contribution in [0.4, 0.5) is 0 Å². The molecule has 1 heterocycles. The summed E-state index contributed by atoms with van der Waals surface area (Å²) in [4.78, 5) is 0. The minimum absolute atomic E-state index is 0.104. The fourth-order valence-electron chi connectivity index (χ4n) is 8.23. The second-order valence-corrected chi connectivity index (χ2v) is 10.5. The summed E-state index contributed by atoms with van der Waals surface area (Å²) in [7, 11) is 0. The summed E-state index contributed by atoms with van der Waals surface area (Å²) < 4.78 is 12.3. The molecule has 1 saturated heterocycles. The van der Waals surface area contributed by atoms with Gasteiger partial charge in [-0.15, -0.1) is 0 Å². The van der Waals surface area contributed by atoms with E-state index in [1.165, 1.54) is 38.5 Å². The minimum atomic E-state index is -0.356. The third-order valence-electron chi connectivity index (χ3n) is 9.57. The lowest BCUT2D eigenvalue weighted by molar-refractivity contribution is -0.214. The van der Waals surface area contributed by atoms with E-state index in [0.29, 0.717) is 16.7 Å². The number of hydrogen-bond donors (Lipinski definition) is 1. The van der Waals surface area contributed by atoms with E-state index in [4.69, 9.17) is 9.47 Å². The zero-order valence-electron chi connectivity index (χ0n) is 16.8. The molecule has 0 radical (unpaired) electrons. The average molecular weight is 361 g/mol. The Hall–Kier alpha value is -0.380. The lowest BCUT2D eigenvalue weighted by Crippen LogP contribution is -2.53. The number of hydrogen-bond acceptors (Lipinski definition) is 3. The predicted octanol–water partition coefficient (Wildman–Crippen LogP) is 4.69. The molecule has 7 atom stereocenters. The van der Waals surface area contributed by atoms with Gasteiger partial charge in [0.1, 0.15) is 0 Å². The highest BCUT2D eigenvalue weighted by molar-refractivity contribution is 5.25. The van der Waals surface area contributed by atoms with Gasteiger partial charge in [0, 0.05) is 5.92 Å². The molecular weight excluding hydrogens is 324 g/mol. The molecule has 0 bridgehead atoms. The van der Waals surface area contributed by atoms with Crippen LogP contribution in [0.5, 0.6) is 0 Å². The van der Waals surface area contributed by atoms with E-state index in [1.807, 2.05) is 0 Å². The van der Waals surface area contributed by atoms with E-state index in [2.05, 4.69) is 26.8 Å². The Balaban J connectivity index is 1.45. The molecular formula is C23H36O3. The fraction of sp³-hybridized carbons (Fsp3) is 0.913. The second kappa shape index (κ2) is 5.81. The molecule has 0 aromatic heterocycles. The molecule has 26 heavy (non-hydrogen) atoms. The van der Waals surface area contributed by atoms with Crippen molar-refractivity contribution < 1.29 is 14.6 Å². The highest BCUT2D eigenvalue weighted by Crippen LogP contribution is 2.68. The Kier molecular flexibility index (Phi) is 3.96. The average Bonchev–Trinajstić information content (AvgIpc) is 3.19. The number of fused-ring (bicyclic) bond motifs is 5. The van der Waals surface area contributed by atoms with Crippen LogP contribution in [-0.2, 0) is 9.47 Å².